The number of hydrogen-bond acceptors (Lipinski definition) is 1. The fourth-order valence-corrected chi connectivity index (χ4v) is 7.28. The van der Waals surface area contributed by atoms with E-state index in [0.717, 1.165) is 25.3 Å². The molecule has 0 spiro atoms. The third kappa shape index (κ3) is 11.9. The van der Waals surface area contributed by atoms with Gasteiger partial charge < -0.3 is 0 Å². The minimum Gasteiger partial charge on any atom is -0.293 e. The maximum Gasteiger partial charge on any atom is 0.0397 e. The first-order chi connectivity index (χ1) is 19.9. The predicted octanol–water partition coefficient (Wildman–Crippen LogP) is 13.2. The molecule has 2 rings (SSSR count). The molecule has 2 aliphatic rings. The maximum absolute atomic E-state index is 4.65. The van der Waals surface area contributed by atoms with Crippen LogP contribution in [-0.4, -0.2) is 12.8 Å². The minimum atomic E-state index is 0.166. The summed E-state index contributed by atoms with van der Waals surface area (Å²) in [6, 6.07) is 0. The second-order valence-corrected chi connectivity index (χ2v) is 17.0. The summed E-state index contributed by atoms with van der Waals surface area (Å²) in [5.74, 6) is 0.725. The normalized spacial score (nSPS) is 25.9. The molecular weight excluding hydrogens is 518 g/mol. The van der Waals surface area contributed by atoms with Crippen LogP contribution in [0.5, 0.6) is 0 Å². The number of rotatable bonds is 14. The average molecular weight is 588 g/mol. The summed E-state index contributed by atoms with van der Waals surface area (Å²) in [6.45, 7) is 29.6. The van der Waals surface area contributed by atoms with E-state index >= 15 is 0 Å². The molecule has 0 bridgehead atoms. The predicted molar refractivity (Wildman–Crippen MR) is 195 cm³/mol. The number of nitrogens with zero attached hydrogens (tertiary/aromatic N) is 1. The van der Waals surface area contributed by atoms with Crippen LogP contribution in [0.1, 0.15) is 147 Å². The highest BCUT2D eigenvalue weighted by atomic mass is 14.7. The monoisotopic (exact) mass is 588 g/mol. The molecule has 0 saturated heterocycles. The van der Waals surface area contributed by atoms with Crippen LogP contribution in [0.4, 0.5) is 0 Å². The van der Waals surface area contributed by atoms with E-state index in [1.54, 1.807) is 11.1 Å². The zero-order chi connectivity index (χ0) is 32.4. The van der Waals surface area contributed by atoms with Gasteiger partial charge in [-0.3, -0.25) is 4.99 Å². The molecule has 0 amide bonds. The Kier molecular flexibility index (Phi) is 13.8. The lowest BCUT2D eigenvalue weighted by molar-refractivity contribution is 0.0270. The second-order valence-electron chi connectivity index (χ2n) is 17.0. The van der Waals surface area contributed by atoms with Crippen LogP contribution >= 0.6 is 0 Å². The lowest BCUT2D eigenvalue weighted by Gasteiger charge is -2.51. The quantitative estimate of drug-likeness (QED) is 0.109. The van der Waals surface area contributed by atoms with Crippen molar-refractivity contribution in [3.63, 3.8) is 0 Å². The van der Waals surface area contributed by atoms with Gasteiger partial charge in [0.15, 0.2) is 0 Å². The molecule has 0 radical (unpaired) electrons. The van der Waals surface area contributed by atoms with Crippen LogP contribution < -0.4 is 0 Å². The summed E-state index contributed by atoms with van der Waals surface area (Å²) in [6.07, 6.45) is 34.9. The Morgan fingerprint density at radius 2 is 1.63 bits per heavy atom. The minimum absolute atomic E-state index is 0.166. The summed E-state index contributed by atoms with van der Waals surface area (Å²) in [5.41, 5.74) is 6.19. The number of aliphatic imine (C=N–C) groups is 1. The Hall–Kier alpha value is -1.89. The Balaban J connectivity index is 1.75. The topological polar surface area (TPSA) is 12.4 Å². The maximum atomic E-state index is 4.65. The van der Waals surface area contributed by atoms with Gasteiger partial charge in [-0.25, -0.2) is 0 Å². The lowest BCUT2D eigenvalue weighted by atomic mass is 9.54. The standard InChI is InChI=1S/C42H69N/c1-34(23-30-42(12)36(3)22-18-28-41(42,10)11)20-15-13-14-16-32-43-33-31-39(6,7)26-19-25-38(4,5)29-24-37-35(2)21-17-27-40(37,8)9/h13-16,19-20,23,26,30,32,36H,17-18,21-22,24-25,27-29,31,33H2,1-12H3/b15-13+,16-14+,26-19+,30-23+,34-20+,43-32-. The molecule has 2 unspecified atom stereocenters. The van der Waals surface area contributed by atoms with Crippen molar-refractivity contribution < 1.29 is 0 Å². The third-order valence-corrected chi connectivity index (χ3v) is 11.4. The van der Waals surface area contributed by atoms with Crippen molar-refractivity contribution in [1.29, 1.82) is 0 Å². The van der Waals surface area contributed by atoms with Crippen LogP contribution in [0, 0.1) is 33.0 Å². The van der Waals surface area contributed by atoms with E-state index in [2.05, 4.69) is 137 Å². The van der Waals surface area contributed by atoms with Crippen LogP contribution in [0.2, 0.25) is 0 Å². The van der Waals surface area contributed by atoms with Crippen molar-refractivity contribution in [2.24, 2.45) is 38.0 Å². The van der Waals surface area contributed by atoms with E-state index in [-0.39, 0.29) is 10.8 Å². The molecule has 1 fully saturated rings. The Morgan fingerprint density at radius 1 is 0.930 bits per heavy atom. The first kappa shape index (κ1) is 37.3. The van der Waals surface area contributed by atoms with Crippen LogP contribution in [0.15, 0.2) is 76.4 Å². The van der Waals surface area contributed by atoms with E-state index < -0.39 is 0 Å². The Bertz CT molecular complexity index is 1090. The molecule has 0 heterocycles. The highest BCUT2D eigenvalue weighted by Crippen LogP contribution is 2.54. The van der Waals surface area contributed by atoms with Crippen molar-refractivity contribution >= 4 is 6.21 Å². The SMILES string of the molecule is CC1=C(CCC(C)(C)C/C=C/C(C)(C)CC\N=C/C=C/C=C/C=C(C)/C=C/C2(C)C(C)CCCC2(C)C)C(C)(C)CCC1. The highest BCUT2D eigenvalue weighted by molar-refractivity contribution is 5.71. The van der Waals surface area contributed by atoms with Gasteiger partial charge in [0.1, 0.15) is 0 Å². The lowest BCUT2D eigenvalue weighted by Crippen LogP contribution is -2.42. The van der Waals surface area contributed by atoms with E-state index in [4.69, 9.17) is 0 Å². The van der Waals surface area contributed by atoms with Gasteiger partial charge in [-0.05, 0) is 111 Å². The van der Waals surface area contributed by atoms with E-state index in [1.807, 2.05) is 12.3 Å². The van der Waals surface area contributed by atoms with Crippen LogP contribution in [-0.2, 0) is 0 Å². The number of hydrogen-bond donors (Lipinski definition) is 0. The average Bonchev–Trinajstić information content (AvgIpc) is 2.88. The Labute approximate surface area is 268 Å². The molecular formula is C42H69N. The first-order valence-corrected chi connectivity index (χ1v) is 17.5. The van der Waals surface area contributed by atoms with E-state index in [0.29, 0.717) is 16.2 Å². The fourth-order valence-electron chi connectivity index (χ4n) is 7.28. The van der Waals surface area contributed by atoms with Crippen molar-refractivity contribution in [2.75, 3.05) is 6.54 Å². The van der Waals surface area contributed by atoms with Gasteiger partial charge in [-0.1, -0.05) is 141 Å². The van der Waals surface area contributed by atoms with E-state index in [1.165, 1.54) is 56.9 Å². The molecule has 0 aromatic rings. The van der Waals surface area contributed by atoms with Gasteiger partial charge in [0.2, 0.25) is 0 Å². The smallest absolute Gasteiger partial charge is 0.0397 e. The molecule has 43 heavy (non-hydrogen) atoms. The molecule has 1 nitrogen and oxygen atoms in total. The molecule has 1 heteroatoms. The van der Waals surface area contributed by atoms with Crippen LogP contribution in [0.3, 0.4) is 0 Å². The van der Waals surface area contributed by atoms with Gasteiger partial charge in [0, 0.05) is 12.8 Å². The van der Waals surface area contributed by atoms with Gasteiger partial charge in [0.25, 0.3) is 0 Å². The van der Waals surface area contributed by atoms with Crippen molar-refractivity contribution in [3.8, 4) is 0 Å². The molecule has 0 aromatic carbocycles. The second kappa shape index (κ2) is 15.9. The molecule has 0 aromatic heterocycles. The summed E-state index contributed by atoms with van der Waals surface area (Å²) in [5, 5.41) is 0. The Morgan fingerprint density at radius 3 is 2.30 bits per heavy atom. The fraction of sp³-hybridized carbons (Fsp3) is 0.690. The highest BCUT2D eigenvalue weighted by Gasteiger charge is 2.45. The molecule has 0 aliphatic heterocycles. The van der Waals surface area contributed by atoms with Crippen molar-refractivity contribution in [3.05, 3.63) is 71.4 Å². The van der Waals surface area contributed by atoms with Crippen molar-refractivity contribution in [1.82, 2.24) is 0 Å². The van der Waals surface area contributed by atoms with Gasteiger partial charge >= 0.3 is 0 Å². The third-order valence-electron chi connectivity index (χ3n) is 11.4. The zero-order valence-electron chi connectivity index (χ0n) is 30.6. The van der Waals surface area contributed by atoms with Gasteiger partial charge in [-0.15, -0.1) is 0 Å². The summed E-state index contributed by atoms with van der Waals surface area (Å²) >= 11 is 0. The van der Waals surface area contributed by atoms with Crippen molar-refractivity contribution in [2.45, 2.75) is 147 Å². The molecule has 2 atom stereocenters. The van der Waals surface area contributed by atoms with Gasteiger partial charge in [0.05, 0.1) is 0 Å². The summed E-state index contributed by atoms with van der Waals surface area (Å²) in [7, 11) is 0. The van der Waals surface area contributed by atoms with Gasteiger partial charge in [-0.2, -0.15) is 0 Å². The van der Waals surface area contributed by atoms with Crippen LogP contribution in [0.25, 0.3) is 0 Å². The summed E-state index contributed by atoms with van der Waals surface area (Å²) in [4.78, 5) is 4.65. The van der Waals surface area contributed by atoms with E-state index in [9.17, 15) is 0 Å². The largest absolute Gasteiger partial charge is 0.293 e. The molecule has 0 N–H and O–H groups in total. The zero-order valence-corrected chi connectivity index (χ0v) is 30.6. The summed E-state index contributed by atoms with van der Waals surface area (Å²) < 4.78 is 0. The molecule has 2 aliphatic carbocycles. The molecule has 242 valence electrons. The molecule has 1 saturated carbocycles. The first-order valence-electron chi connectivity index (χ1n) is 17.5. The number of allylic oxidation sites excluding steroid dienone is 12.